The van der Waals surface area contributed by atoms with Gasteiger partial charge < -0.3 is 4.74 Å². The Morgan fingerprint density at radius 3 is 2.87 bits per heavy atom. The number of aromatic nitrogens is 2. The van der Waals surface area contributed by atoms with Crippen molar-refractivity contribution in [3.8, 4) is 5.75 Å². The van der Waals surface area contributed by atoms with E-state index in [4.69, 9.17) is 4.74 Å². The van der Waals surface area contributed by atoms with Crippen LogP contribution in [0.4, 0.5) is 13.2 Å². The van der Waals surface area contributed by atoms with Crippen molar-refractivity contribution in [1.82, 2.24) is 10.2 Å². The maximum atomic E-state index is 12.1. The fraction of sp³-hybridized carbons (Fsp3) is 0.667. The van der Waals surface area contributed by atoms with Gasteiger partial charge in [0.1, 0.15) is 0 Å². The highest BCUT2D eigenvalue weighted by Crippen LogP contribution is 2.51. The molecule has 0 spiro atoms. The van der Waals surface area contributed by atoms with Crippen molar-refractivity contribution < 1.29 is 17.9 Å². The molecule has 3 nitrogen and oxygen atoms in total. The van der Waals surface area contributed by atoms with Gasteiger partial charge in [0.15, 0.2) is 5.75 Å². The number of hydrogen-bond donors (Lipinski definition) is 1. The molecule has 1 aliphatic rings. The second kappa shape index (κ2) is 3.75. The maximum absolute atomic E-state index is 12.1. The summed E-state index contributed by atoms with van der Waals surface area (Å²) in [6.07, 6.45) is -0.268. The molecule has 1 heterocycles. The average molecular weight is 220 g/mol. The summed E-state index contributed by atoms with van der Waals surface area (Å²) in [5.41, 5.74) is 0. The monoisotopic (exact) mass is 220 g/mol. The summed E-state index contributed by atoms with van der Waals surface area (Å²) in [5.74, 6) is -0.790. The van der Waals surface area contributed by atoms with Gasteiger partial charge in [-0.05, 0) is 18.8 Å². The van der Waals surface area contributed by atoms with Gasteiger partial charge in [-0.1, -0.05) is 0 Å². The van der Waals surface area contributed by atoms with Crippen LogP contribution in [0.1, 0.15) is 12.8 Å². The van der Waals surface area contributed by atoms with Gasteiger partial charge in [0.2, 0.25) is 0 Å². The minimum atomic E-state index is -4.03. The first-order valence-corrected chi connectivity index (χ1v) is 4.75. The maximum Gasteiger partial charge on any atom is 0.392 e. The molecule has 2 atom stereocenters. The van der Waals surface area contributed by atoms with E-state index in [1.165, 1.54) is 6.20 Å². The van der Waals surface area contributed by atoms with Crippen LogP contribution in [-0.4, -0.2) is 23.0 Å². The number of nitrogens with one attached hydrogen (secondary N) is 1. The number of aromatic amines is 1. The van der Waals surface area contributed by atoms with Crippen LogP contribution < -0.4 is 4.74 Å². The van der Waals surface area contributed by atoms with Crippen molar-refractivity contribution in [3.05, 3.63) is 12.4 Å². The number of halogens is 3. The lowest BCUT2D eigenvalue weighted by molar-refractivity contribution is -0.151. The Hall–Kier alpha value is -1.20. The fourth-order valence-electron chi connectivity index (χ4n) is 1.61. The van der Waals surface area contributed by atoms with Gasteiger partial charge in [0.05, 0.1) is 24.9 Å². The van der Waals surface area contributed by atoms with Crippen LogP contribution in [0.5, 0.6) is 5.75 Å². The summed E-state index contributed by atoms with van der Waals surface area (Å²) in [4.78, 5) is 0. The highest BCUT2D eigenvalue weighted by molar-refractivity contribution is 5.10. The van der Waals surface area contributed by atoms with Crippen LogP contribution in [0.3, 0.4) is 0 Å². The van der Waals surface area contributed by atoms with Gasteiger partial charge in [0, 0.05) is 0 Å². The quantitative estimate of drug-likeness (QED) is 0.845. The topological polar surface area (TPSA) is 37.9 Å². The van der Waals surface area contributed by atoms with Crippen LogP contribution in [0.15, 0.2) is 12.4 Å². The Bertz CT molecular complexity index is 310. The van der Waals surface area contributed by atoms with Crippen molar-refractivity contribution in [3.63, 3.8) is 0 Å². The van der Waals surface area contributed by atoms with E-state index < -0.39 is 12.1 Å². The molecule has 2 rings (SSSR count). The van der Waals surface area contributed by atoms with Gasteiger partial charge in [-0.2, -0.15) is 18.3 Å². The van der Waals surface area contributed by atoms with E-state index in [1.54, 1.807) is 6.20 Å². The lowest BCUT2D eigenvalue weighted by atomic mass is 10.2. The summed E-state index contributed by atoms with van der Waals surface area (Å²) < 4.78 is 41.6. The Morgan fingerprint density at radius 1 is 1.53 bits per heavy atom. The number of hydrogen-bond acceptors (Lipinski definition) is 2. The zero-order valence-corrected chi connectivity index (χ0v) is 7.92. The van der Waals surface area contributed by atoms with Crippen molar-refractivity contribution in [2.45, 2.75) is 19.0 Å². The third-order valence-electron chi connectivity index (χ3n) is 2.57. The molecule has 1 aromatic heterocycles. The largest absolute Gasteiger partial charge is 0.490 e. The van der Waals surface area contributed by atoms with E-state index in [-0.39, 0.29) is 12.3 Å². The lowest BCUT2D eigenvalue weighted by Gasteiger charge is -2.05. The zero-order valence-electron chi connectivity index (χ0n) is 7.92. The molecular weight excluding hydrogens is 209 g/mol. The Labute approximate surface area is 84.6 Å². The molecular formula is C9H11F3N2O. The number of alkyl halides is 3. The van der Waals surface area contributed by atoms with Gasteiger partial charge in [-0.25, -0.2) is 0 Å². The third kappa shape index (κ3) is 2.64. The molecule has 0 bridgehead atoms. The Kier molecular flexibility index (Phi) is 2.58. The number of H-pyrrole nitrogens is 1. The van der Waals surface area contributed by atoms with E-state index >= 15 is 0 Å². The lowest BCUT2D eigenvalue weighted by Crippen LogP contribution is -2.12. The molecule has 0 saturated heterocycles. The van der Waals surface area contributed by atoms with E-state index in [2.05, 4.69) is 10.2 Å². The molecule has 15 heavy (non-hydrogen) atoms. The smallest absolute Gasteiger partial charge is 0.392 e. The molecule has 0 aromatic carbocycles. The van der Waals surface area contributed by atoms with Gasteiger partial charge in [0.25, 0.3) is 0 Å². The standard InChI is InChI=1S/C9H11F3N2O/c10-9(11,12)8-3-6(8)1-2-15-7-4-13-14-5-7/h4-6,8H,1-3H2,(H,13,14). The highest BCUT2D eigenvalue weighted by Gasteiger charge is 2.55. The molecule has 0 aliphatic heterocycles. The molecule has 1 saturated carbocycles. The van der Waals surface area contributed by atoms with Gasteiger partial charge in [-0.15, -0.1) is 0 Å². The van der Waals surface area contributed by atoms with Crippen LogP contribution >= 0.6 is 0 Å². The molecule has 1 N–H and O–H groups in total. The molecule has 6 heteroatoms. The minimum Gasteiger partial charge on any atom is -0.490 e. The third-order valence-corrected chi connectivity index (χ3v) is 2.57. The van der Waals surface area contributed by atoms with Crippen LogP contribution in [0.2, 0.25) is 0 Å². The number of rotatable bonds is 4. The van der Waals surface area contributed by atoms with Gasteiger partial charge >= 0.3 is 6.18 Å². The normalized spacial score (nSPS) is 25.3. The Morgan fingerprint density at radius 2 is 2.33 bits per heavy atom. The van der Waals surface area contributed by atoms with E-state index in [1.807, 2.05) is 0 Å². The van der Waals surface area contributed by atoms with Gasteiger partial charge in [-0.3, -0.25) is 5.10 Å². The highest BCUT2D eigenvalue weighted by atomic mass is 19.4. The van der Waals surface area contributed by atoms with E-state index in [0.29, 0.717) is 18.8 Å². The average Bonchev–Trinajstić information content (AvgIpc) is 2.73. The second-order valence-corrected chi connectivity index (χ2v) is 3.72. The van der Waals surface area contributed by atoms with Crippen molar-refractivity contribution in [2.75, 3.05) is 6.61 Å². The van der Waals surface area contributed by atoms with E-state index in [9.17, 15) is 13.2 Å². The first kappa shape index (κ1) is 10.3. The molecule has 1 fully saturated rings. The first-order valence-electron chi connectivity index (χ1n) is 4.75. The van der Waals surface area contributed by atoms with E-state index in [0.717, 1.165) is 0 Å². The van der Waals surface area contributed by atoms with Crippen molar-refractivity contribution >= 4 is 0 Å². The molecule has 2 unspecified atom stereocenters. The first-order chi connectivity index (χ1) is 7.07. The summed E-state index contributed by atoms with van der Waals surface area (Å²) in [6, 6.07) is 0. The molecule has 0 amide bonds. The second-order valence-electron chi connectivity index (χ2n) is 3.72. The fourth-order valence-corrected chi connectivity index (χ4v) is 1.61. The predicted molar refractivity (Wildman–Crippen MR) is 46.4 cm³/mol. The molecule has 84 valence electrons. The summed E-state index contributed by atoms with van der Waals surface area (Å²) in [7, 11) is 0. The van der Waals surface area contributed by atoms with Crippen molar-refractivity contribution in [2.24, 2.45) is 11.8 Å². The van der Waals surface area contributed by atoms with Crippen molar-refractivity contribution in [1.29, 1.82) is 0 Å². The SMILES string of the molecule is FC(F)(F)C1CC1CCOc1cn[nH]c1. The Balaban J connectivity index is 1.65. The van der Waals surface area contributed by atoms with Crippen LogP contribution in [-0.2, 0) is 0 Å². The van der Waals surface area contributed by atoms with Crippen LogP contribution in [0.25, 0.3) is 0 Å². The molecule has 0 radical (unpaired) electrons. The predicted octanol–water partition coefficient (Wildman–Crippen LogP) is 2.38. The molecule has 1 aromatic rings. The number of ether oxygens (including phenoxy) is 1. The van der Waals surface area contributed by atoms with Crippen LogP contribution in [0, 0.1) is 11.8 Å². The summed E-state index contributed by atoms with van der Waals surface area (Å²) in [6.45, 7) is 0.316. The molecule has 1 aliphatic carbocycles. The minimum absolute atomic E-state index is 0.248. The number of nitrogens with zero attached hydrogens (tertiary/aromatic N) is 1. The summed E-state index contributed by atoms with van der Waals surface area (Å²) >= 11 is 0. The summed E-state index contributed by atoms with van der Waals surface area (Å²) in [5, 5.41) is 6.22. The zero-order chi connectivity index (χ0) is 10.9.